The van der Waals surface area contributed by atoms with Gasteiger partial charge in [-0.3, -0.25) is 19.3 Å². The van der Waals surface area contributed by atoms with Gasteiger partial charge < -0.3 is 10.1 Å². The van der Waals surface area contributed by atoms with Crippen LogP contribution in [0, 0.1) is 18.8 Å². The molecule has 36 heavy (non-hydrogen) atoms. The zero-order valence-electron chi connectivity index (χ0n) is 20.2. The number of nitrogens with one attached hydrogen (secondary N) is 1. The molecule has 3 amide bonds. The molecule has 8 nitrogen and oxygen atoms in total. The average Bonchev–Trinajstić information content (AvgIpc) is 3.41. The van der Waals surface area contributed by atoms with Crippen LogP contribution in [0.3, 0.4) is 0 Å². The monoisotopic (exact) mass is 505 g/mol. The van der Waals surface area contributed by atoms with Crippen LogP contribution in [0.5, 0.6) is 0 Å². The first-order valence-corrected chi connectivity index (χ1v) is 12.9. The quantitative estimate of drug-likeness (QED) is 0.395. The van der Waals surface area contributed by atoms with Gasteiger partial charge in [-0.05, 0) is 68.7 Å². The van der Waals surface area contributed by atoms with E-state index in [9.17, 15) is 19.2 Å². The van der Waals surface area contributed by atoms with E-state index in [1.165, 1.54) is 12.5 Å². The number of rotatable bonds is 6. The molecule has 3 atom stereocenters. The summed E-state index contributed by atoms with van der Waals surface area (Å²) < 4.78 is 6.25. The molecule has 1 saturated heterocycles. The molecule has 0 radical (unpaired) electrons. The van der Waals surface area contributed by atoms with E-state index in [4.69, 9.17) is 4.74 Å². The van der Waals surface area contributed by atoms with Gasteiger partial charge in [-0.15, -0.1) is 11.3 Å². The van der Waals surface area contributed by atoms with E-state index >= 15 is 0 Å². The number of carbonyl (C=O) groups is 4. The lowest BCUT2D eigenvalue weighted by Crippen LogP contribution is -2.45. The van der Waals surface area contributed by atoms with Crippen LogP contribution in [-0.4, -0.2) is 46.2 Å². The van der Waals surface area contributed by atoms with Crippen molar-refractivity contribution >= 4 is 50.9 Å². The second kappa shape index (κ2) is 9.81. The van der Waals surface area contributed by atoms with Crippen molar-refractivity contribution in [3.8, 4) is 10.6 Å². The van der Waals surface area contributed by atoms with Crippen LogP contribution in [-0.2, 0) is 23.9 Å². The number of hydrogen-bond acceptors (Lipinski definition) is 7. The average molecular weight is 506 g/mol. The van der Waals surface area contributed by atoms with Gasteiger partial charge in [0.2, 0.25) is 11.8 Å². The number of imide groups is 1. The zero-order chi connectivity index (χ0) is 25.4. The van der Waals surface area contributed by atoms with Crippen molar-refractivity contribution in [1.29, 1.82) is 0 Å². The Morgan fingerprint density at radius 2 is 1.75 bits per heavy atom. The minimum Gasteiger partial charge on any atom is -0.454 e. The Labute approximate surface area is 212 Å². The summed E-state index contributed by atoms with van der Waals surface area (Å²) in [5.74, 6) is -2.55. The molecule has 9 heteroatoms. The van der Waals surface area contributed by atoms with Crippen molar-refractivity contribution in [3.63, 3.8) is 0 Å². The lowest BCUT2D eigenvalue weighted by Gasteiger charge is -2.21. The van der Waals surface area contributed by atoms with Gasteiger partial charge in [0.05, 0.1) is 22.1 Å². The molecule has 0 spiro atoms. The summed E-state index contributed by atoms with van der Waals surface area (Å²) >= 11 is 1.61. The Balaban J connectivity index is 1.15. The largest absolute Gasteiger partial charge is 0.454 e. The van der Waals surface area contributed by atoms with Gasteiger partial charge in [0.25, 0.3) is 5.91 Å². The molecule has 0 bridgehead atoms. The number of aryl methyl sites for hydroxylation is 1. The smallest absolute Gasteiger partial charge is 0.329 e. The van der Waals surface area contributed by atoms with Crippen molar-refractivity contribution in [2.45, 2.75) is 45.6 Å². The van der Waals surface area contributed by atoms with E-state index < -0.39 is 24.5 Å². The van der Waals surface area contributed by atoms with E-state index in [0.717, 1.165) is 38.5 Å². The molecule has 2 fully saturated rings. The van der Waals surface area contributed by atoms with Crippen LogP contribution < -0.4 is 5.32 Å². The molecular weight excluding hydrogens is 478 g/mol. The number of esters is 1. The summed E-state index contributed by atoms with van der Waals surface area (Å²) in [5.41, 5.74) is 3.62. The number of ether oxygens (including phenoxy) is 1. The van der Waals surface area contributed by atoms with Crippen molar-refractivity contribution in [1.82, 2.24) is 9.88 Å². The van der Waals surface area contributed by atoms with Crippen LogP contribution in [0.15, 0.2) is 42.5 Å². The van der Waals surface area contributed by atoms with E-state index in [0.29, 0.717) is 18.5 Å². The molecule has 5 rings (SSSR count). The summed E-state index contributed by atoms with van der Waals surface area (Å²) in [6.07, 6.45) is 3.17. The Morgan fingerprint density at radius 3 is 2.42 bits per heavy atom. The minimum atomic E-state index is -1.06. The Bertz CT molecular complexity index is 1330. The molecule has 1 aliphatic carbocycles. The SMILES string of the molecule is Cc1ccc2nc(-c3ccc(NC(=O)COC(=O)[C@H](C)N4C(=O)[C@@H]5CCCC[C@H]5C4=O)cc3)sc2c1. The van der Waals surface area contributed by atoms with Crippen molar-refractivity contribution < 1.29 is 23.9 Å². The Morgan fingerprint density at radius 1 is 1.08 bits per heavy atom. The number of fused-ring (bicyclic) bond motifs is 2. The van der Waals surface area contributed by atoms with Gasteiger partial charge in [0.15, 0.2) is 6.61 Å². The summed E-state index contributed by atoms with van der Waals surface area (Å²) in [5, 5.41) is 3.59. The fourth-order valence-corrected chi connectivity index (χ4v) is 6.05. The highest BCUT2D eigenvalue weighted by Crippen LogP contribution is 2.39. The normalized spacial score (nSPS) is 20.3. The third-order valence-corrected chi connectivity index (χ3v) is 7.98. The van der Waals surface area contributed by atoms with Crippen LogP contribution in [0.4, 0.5) is 5.69 Å². The van der Waals surface area contributed by atoms with E-state index in [-0.39, 0.29) is 23.7 Å². The van der Waals surface area contributed by atoms with Crippen LogP contribution in [0.2, 0.25) is 0 Å². The summed E-state index contributed by atoms with van der Waals surface area (Å²) in [6.45, 7) is 3.01. The van der Waals surface area contributed by atoms with Crippen molar-refractivity contribution in [2.75, 3.05) is 11.9 Å². The first-order valence-electron chi connectivity index (χ1n) is 12.1. The summed E-state index contributed by atoms with van der Waals surface area (Å²) in [4.78, 5) is 55.9. The van der Waals surface area contributed by atoms with Gasteiger partial charge >= 0.3 is 5.97 Å². The number of benzene rings is 2. The zero-order valence-corrected chi connectivity index (χ0v) is 21.0. The number of thiazole rings is 1. The topological polar surface area (TPSA) is 106 Å². The first kappa shape index (κ1) is 24.1. The maximum Gasteiger partial charge on any atom is 0.329 e. The molecule has 2 aliphatic rings. The van der Waals surface area contributed by atoms with Gasteiger partial charge in [-0.1, -0.05) is 18.9 Å². The molecule has 1 aliphatic heterocycles. The fraction of sp³-hybridized carbons (Fsp3) is 0.370. The highest BCUT2D eigenvalue weighted by molar-refractivity contribution is 7.21. The highest BCUT2D eigenvalue weighted by Gasteiger charge is 2.51. The van der Waals surface area contributed by atoms with Crippen LogP contribution in [0.1, 0.15) is 38.2 Å². The van der Waals surface area contributed by atoms with E-state index in [2.05, 4.69) is 16.4 Å². The number of aromatic nitrogens is 1. The first-order chi connectivity index (χ1) is 17.3. The third-order valence-electron chi connectivity index (χ3n) is 6.91. The molecule has 2 aromatic carbocycles. The maximum atomic E-state index is 12.7. The maximum absolute atomic E-state index is 12.7. The van der Waals surface area contributed by atoms with Gasteiger partial charge in [0.1, 0.15) is 11.0 Å². The molecule has 2 heterocycles. The van der Waals surface area contributed by atoms with Gasteiger partial charge in [0, 0.05) is 11.3 Å². The number of likely N-dealkylation sites (tertiary alicyclic amines) is 1. The number of hydrogen-bond donors (Lipinski definition) is 1. The second-order valence-electron chi connectivity index (χ2n) is 9.44. The molecule has 0 unspecified atom stereocenters. The molecule has 1 aromatic heterocycles. The van der Waals surface area contributed by atoms with E-state index in [1.807, 2.05) is 31.2 Å². The van der Waals surface area contributed by atoms with Gasteiger partial charge in [-0.2, -0.15) is 0 Å². The summed E-state index contributed by atoms with van der Waals surface area (Å²) in [6, 6.07) is 12.4. The molecule has 1 saturated carbocycles. The van der Waals surface area contributed by atoms with Crippen LogP contribution in [0.25, 0.3) is 20.8 Å². The predicted molar refractivity (Wildman–Crippen MR) is 136 cm³/mol. The van der Waals surface area contributed by atoms with E-state index in [1.54, 1.807) is 23.5 Å². The molecular formula is C27H27N3O5S. The Kier molecular flexibility index (Phi) is 6.57. The number of anilines is 1. The van der Waals surface area contributed by atoms with Crippen molar-refractivity contribution in [3.05, 3.63) is 48.0 Å². The number of amides is 3. The molecule has 186 valence electrons. The van der Waals surface area contributed by atoms with Gasteiger partial charge in [-0.25, -0.2) is 9.78 Å². The lowest BCUT2D eigenvalue weighted by atomic mass is 9.81. The predicted octanol–water partition coefficient (Wildman–Crippen LogP) is 4.32. The second-order valence-corrected chi connectivity index (χ2v) is 10.5. The highest BCUT2D eigenvalue weighted by atomic mass is 32.1. The standard InChI is InChI=1S/C27H27N3O5S/c1-15-7-12-21-22(13-15)36-24(29-21)17-8-10-18(11-9-17)28-23(31)14-35-27(34)16(2)30-25(32)19-5-3-4-6-20(19)26(30)33/h7-13,16,19-20H,3-6,14H2,1-2H3,(H,28,31)/t16-,19+,20+/m0/s1. The van der Waals surface area contributed by atoms with Crippen LogP contribution >= 0.6 is 11.3 Å². The lowest BCUT2D eigenvalue weighted by molar-refractivity contribution is -0.159. The third kappa shape index (κ3) is 4.63. The molecule has 3 aromatic rings. The summed E-state index contributed by atoms with van der Waals surface area (Å²) in [7, 11) is 0. The minimum absolute atomic E-state index is 0.304. The molecule has 1 N–H and O–H groups in total. The van der Waals surface area contributed by atoms with Crippen molar-refractivity contribution in [2.24, 2.45) is 11.8 Å². The fourth-order valence-electron chi connectivity index (χ4n) is 4.98. The number of nitrogens with zero attached hydrogens (tertiary/aromatic N) is 2. The Hall–Kier alpha value is -3.59. The number of carbonyl (C=O) groups excluding carboxylic acids is 4.